The van der Waals surface area contributed by atoms with Crippen LogP contribution in [0.25, 0.3) is 0 Å². The molecule has 0 bridgehead atoms. The van der Waals surface area contributed by atoms with Crippen molar-refractivity contribution in [1.82, 2.24) is 19.9 Å². The van der Waals surface area contributed by atoms with E-state index in [2.05, 4.69) is 39.2 Å². The molecule has 2 aliphatic rings. The molecule has 2 aliphatic heterocycles. The Morgan fingerprint density at radius 2 is 2.18 bits per heavy atom. The van der Waals surface area contributed by atoms with E-state index in [9.17, 15) is 9.90 Å². The zero-order chi connectivity index (χ0) is 23.9. The van der Waals surface area contributed by atoms with Gasteiger partial charge < -0.3 is 10.4 Å². The molecule has 1 fully saturated rings. The molecule has 0 radical (unpaired) electrons. The lowest BCUT2D eigenvalue weighted by Crippen LogP contribution is -2.34. The minimum atomic E-state index is -0.802. The Kier molecular flexibility index (Phi) is 8.48. The van der Waals surface area contributed by atoms with Crippen molar-refractivity contribution in [2.24, 2.45) is 11.8 Å². The number of carboxylic acid groups (broad SMARTS) is 1. The van der Waals surface area contributed by atoms with Crippen molar-refractivity contribution in [3.63, 3.8) is 0 Å². The fourth-order valence-corrected chi connectivity index (χ4v) is 5.58. The third kappa shape index (κ3) is 5.93. The molecule has 4 rings (SSSR count). The maximum absolute atomic E-state index is 12.2. The maximum atomic E-state index is 12.2. The highest BCUT2D eigenvalue weighted by Gasteiger charge is 2.36. The predicted molar refractivity (Wildman–Crippen MR) is 134 cm³/mol. The summed E-state index contributed by atoms with van der Waals surface area (Å²) in [6.45, 7) is 7.04. The normalized spacial score (nSPS) is 19.9. The predicted octanol–water partition coefficient (Wildman–Crippen LogP) is 4.68. The molecular weight excluding hydrogens is 426 g/mol. The molecule has 0 aromatic carbocycles. The summed E-state index contributed by atoms with van der Waals surface area (Å²) in [5.74, 6) is 1.44. The Labute approximate surface area is 203 Å². The first-order chi connectivity index (χ1) is 16.6. The first-order valence-electron chi connectivity index (χ1n) is 13.0. The van der Waals surface area contributed by atoms with Crippen LogP contribution in [0.4, 0.5) is 5.82 Å². The van der Waals surface area contributed by atoms with E-state index in [1.54, 1.807) is 6.20 Å². The Bertz CT molecular complexity index is 966. The van der Waals surface area contributed by atoms with E-state index >= 15 is 0 Å². The van der Waals surface area contributed by atoms with Gasteiger partial charge in [-0.15, -0.1) is 0 Å². The van der Waals surface area contributed by atoms with Crippen LogP contribution in [0.2, 0.25) is 0 Å². The molecule has 2 aromatic rings. The number of carbonyl (C=O) groups is 1. The van der Waals surface area contributed by atoms with E-state index in [0.29, 0.717) is 18.3 Å². The second-order valence-electron chi connectivity index (χ2n) is 9.98. The number of likely N-dealkylation sites (tertiary alicyclic amines) is 1. The Morgan fingerprint density at radius 3 is 3.00 bits per heavy atom. The third-order valence-electron chi connectivity index (χ3n) is 7.66. The summed E-state index contributed by atoms with van der Waals surface area (Å²) in [6, 6.07) is 3.79. The van der Waals surface area contributed by atoms with Gasteiger partial charge in [0.25, 0.3) is 0 Å². The van der Waals surface area contributed by atoms with Gasteiger partial charge in [0, 0.05) is 36.2 Å². The molecular formula is C27H39N5O2. The number of unbranched alkanes of at least 4 members (excludes halogenated alkanes) is 2. The molecule has 2 N–H and O–H groups in total. The third-order valence-corrected chi connectivity index (χ3v) is 7.66. The summed E-state index contributed by atoms with van der Waals surface area (Å²) in [5.41, 5.74) is 4.13. The van der Waals surface area contributed by atoms with Gasteiger partial charge >= 0.3 is 5.97 Å². The standard InChI is InChI=1S/C27H39N5O2/c1-3-24-23(16-28-18-30-24)25(27(33)34)32-15-13-21(17-32)19(2)8-5-4-6-10-22-12-11-20-9-7-14-29-26(20)31-22/h11-12,16,18-19,21,25H,3-10,13-15,17H2,1-2H3,(H,29,31)(H,33,34). The van der Waals surface area contributed by atoms with Crippen molar-refractivity contribution in [3.8, 4) is 0 Å². The van der Waals surface area contributed by atoms with Crippen molar-refractivity contribution in [1.29, 1.82) is 0 Å². The zero-order valence-electron chi connectivity index (χ0n) is 20.7. The van der Waals surface area contributed by atoms with E-state index in [4.69, 9.17) is 4.98 Å². The number of aryl methyl sites for hydroxylation is 3. The highest BCUT2D eigenvalue weighted by atomic mass is 16.4. The average Bonchev–Trinajstić information content (AvgIpc) is 3.33. The molecule has 1 saturated heterocycles. The van der Waals surface area contributed by atoms with Gasteiger partial charge in [0.1, 0.15) is 18.2 Å². The van der Waals surface area contributed by atoms with E-state index in [0.717, 1.165) is 56.0 Å². The van der Waals surface area contributed by atoms with Crippen LogP contribution in [-0.2, 0) is 24.1 Å². The van der Waals surface area contributed by atoms with E-state index in [1.165, 1.54) is 49.7 Å². The number of carboxylic acids is 1. The molecule has 7 heteroatoms. The quantitative estimate of drug-likeness (QED) is 0.466. The summed E-state index contributed by atoms with van der Waals surface area (Å²) < 4.78 is 0. The molecule has 0 saturated carbocycles. The van der Waals surface area contributed by atoms with Crippen LogP contribution in [0.15, 0.2) is 24.7 Å². The fraction of sp³-hybridized carbons (Fsp3) is 0.630. The molecule has 0 spiro atoms. The van der Waals surface area contributed by atoms with Crippen LogP contribution < -0.4 is 5.32 Å². The van der Waals surface area contributed by atoms with Gasteiger partial charge in [0.05, 0.1) is 0 Å². The number of nitrogens with one attached hydrogen (secondary N) is 1. The van der Waals surface area contributed by atoms with Crippen molar-refractivity contribution in [3.05, 3.63) is 47.2 Å². The summed E-state index contributed by atoms with van der Waals surface area (Å²) in [6.07, 6.45) is 13.2. The van der Waals surface area contributed by atoms with E-state index < -0.39 is 12.0 Å². The number of aromatic nitrogens is 3. The fourth-order valence-electron chi connectivity index (χ4n) is 5.58. The molecule has 184 valence electrons. The number of rotatable bonds is 11. The van der Waals surface area contributed by atoms with Crippen LogP contribution in [-0.4, -0.2) is 50.6 Å². The van der Waals surface area contributed by atoms with Crippen LogP contribution in [0.3, 0.4) is 0 Å². The molecule has 0 aliphatic carbocycles. The highest BCUT2D eigenvalue weighted by Crippen LogP contribution is 2.34. The SMILES string of the molecule is CCc1ncncc1C(C(=O)O)N1CCC(C(C)CCCCCc2ccc3c(n2)NCCC3)C1. The maximum Gasteiger partial charge on any atom is 0.325 e. The highest BCUT2D eigenvalue weighted by molar-refractivity contribution is 5.75. The lowest BCUT2D eigenvalue weighted by molar-refractivity contribution is -0.143. The van der Waals surface area contributed by atoms with Gasteiger partial charge in [-0.1, -0.05) is 39.2 Å². The molecule has 2 aromatic heterocycles. The van der Waals surface area contributed by atoms with Crippen LogP contribution in [0.1, 0.15) is 80.9 Å². The van der Waals surface area contributed by atoms with Gasteiger partial charge in [-0.3, -0.25) is 9.69 Å². The van der Waals surface area contributed by atoms with Crippen LogP contribution in [0, 0.1) is 11.8 Å². The monoisotopic (exact) mass is 465 g/mol. The first kappa shape index (κ1) is 24.6. The molecule has 3 atom stereocenters. The zero-order valence-corrected chi connectivity index (χ0v) is 20.7. The Balaban J connectivity index is 1.22. The smallest absolute Gasteiger partial charge is 0.325 e. The Hall–Kier alpha value is -2.54. The topological polar surface area (TPSA) is 91.2 Å². The lowest BCUT2D eigenvalue weighted by atomic mass is 9.88. The number of aliphatic carboxylic acids is 1. The summed E-state index contributed by atoms with van der Waals surface area (Å²) >= 11 is 0. The average molecular weight is 466 g/mol. The summed E-state index contributed by atoms with van der Waals surface area (Å²) in [7, 11) is 0. The van der Waals surface area contributed by atoms with Crippen LogP contribution >= 0.6 is 0 Å². The summed E-state index contributed by atoms with van der Waals surface area (Å²) in [5, 5.41) is 13.4. The lowest BCUT2D eigenvalue weighted by Gasteiger charge is -2.26. The Morgan fingerprint density at radius 1 is 1.29 bits per heavy atom. The van der Waals surface area contributed by atoms with Gasteiger partial charge in [-0.25, -0.2) is 15.0 Å². The van der Waals surface area contributed by atoms with Gasteiger partial charge in [-0.2, -0.15) is 0 Å². The first-order valence-corrected chi connectivity index (χ1v) is 13.0. The van der Waals surface area contributed by atoms with Crippen LogP contribution in [0.5, 0.6) is 0 Å². The minimum Gasteiger partial charge on any atom is -0.480 e. The molecule has 34 heavy (non-hydrogen) atoms. The van der Waals surface area contributed by atoms with Crippen molar-refractivity contribution in [2.75, 3.05) is 25.0 Å². The van der Waals surface area contributed by atoms with E-state index in [-0.39, 0.29) is 0 Å². The van der Waals surface area contributed by atoms with Crippen molar-refractivity contribution in [2.45, 2.75) is 77.7 Å². The molecule has 0 amide bonds. The number of hydrogen-bond acceptors (Lipinski definition) is 6. The molecule has 7 nitrogen and oxygen atoms in total. The minimum absolute atomic E-state index is 0.546. The number of nitrogens with zero attached hydrogens (tertiary/aromatic N) is 4. The van der Waals surface area contributed by atoms with Gasteiger partial charge in [-0.05, 0) is 68.5 Å². The second-order valence-corrected chi connectivity index (χ2v) is 9.98. The molecule has 3 unspecified atom stereocenters. The molecule has 4 heterocycles. The number of anilines is 1. The van der Waals surface area contributed by atoms with Crippen molar-refractivity contribution < 1.29 is 9.90 Å². The van der Waals surface area contributed by atoms with E-state index in [1.807, 2.05) is 6.92 Å². The van der Waals surface area contributed by atoms with Gasteiger partial charge in [0.2, 0.25) is 0 Å². The van der Waals surface area contributed by atoms with Gasteiger partial charge in [0.15, 0.2) is 0 Å². The summed E-state index contributed by atoms with van der Waals surface area (Å²) in [4.78, 5) is 27.5. The largest absolute Gasteiger partial charge is 0.480 e. The van der Waals surface area contributed by atoms with Crippen molar-refractivity contribution >= 4 is 11.8 Å². The second kappa shape index (κ2) is 11.7. The number of hydrogen-bond donors (Lipinski definition) is 2. The number of pyridine rings is 1. The number of fused-ring (bicyclic) bond motifs is 1.